The summed E-state index contributed by atoms with van der Waals surface area (Å²) in [6.07, 6.45) is 3.39. The Hall–Kier alpha value is -2.63. The molecule has 1 unspecified atom stereocenters. The fourth-order valence-corrected chi connectivity index (χ4v) is 4.75. The molecular weight excluding hydrogens is 384 g/mol. The molecule has 0 aromatic heterocycles. The zero-order valence-electron chi connectivity index (χ0n) is 18.8. The van der Waals surface area contributed by atoms with Gasteiger partial charge in [-0.3, -0.25) is 14.4 Å². The standard InChI is InChI=1S/C24H30O6/c1-13(2)17-10-16-8-9-19-23(5,6)12-20(27)30-24(19,7)11-18(16)22(29-15(4)26)21(17)28-14(3)25/h9-10,13H,8,11-12H2,1-7H3. The molecule has 1 aliphatic heterocycles. The van der Waals surface area contributed by atoms with E-state index in [-0.39, 0.29) is 28.8 Å². The SMILES string of the molecule is CC(=O)Oc1c(C(C)C)cc2c(c1OC(C)=O)CC1(C)OC(=O)CC(C)(C)C1=CC2. The van der Waals surface area contributed by atoms with Crippen molar-refractivity contribution in [3.05, 3.63) is 34.4 Å². The Bertz CT molecular complexity index is 953. The number of ether oxygens (including phenoxy) is 3. The van der Waals surface area contributed by atoms with Crippen LogP contribution in [-0.2, 0) is 32.0 Å². The molecular formula is C24H30O6. The van der Waals surface area contributed by atoms with Gasteiger partial charge >= 0.3 is 17.9 Å². The van der Waals surface area contributed by atoms with Crippen LogP contribution in [0, 0.1) is 5.41 Å². The van der Waals surface area contributed by atoms with Gasteiger partial charge in [0.2, 0.25) is 0 Å². The van der Waals surface area contributed by atoms with Crippen LogP contribution >= 0.6 is 0 Å². The first-order valence-corrected chi connectivity index (χ1v) is 10.3. The lowest BCUT2D eigenvalue weighted by Gasteiger charge is -2.44. The molecule has 1 aromatic carbocycles. The molecule has 1 heterocycles. The molecule has 1 saturated heterocycles. The molecule has 1 fully saturated rings. The molecule has 1 aliphatic carbocycles. The molecule has 30 heavy (non-hydrogen) atoms. The van der Waals surface area contributed by atoms with Gasteiger partial charge in [-0.05, 0) is 35.8 Å². The summed E-state index contributed by atoms with van der Waals surface area (Å²) in [7, 11) is 0. The second-order valence-electron chi connectivity index (χ2n) is 9.37. The minimum Gasteiger partial charge on any atom is -0.454 e. The van der Waals surface area contributed by atoms with E-state index in [2.05, 4.69) is 6.08 Å². The highest BCUT2D eigenvalue weighted by atomic mass is 16.6. The Morgan fingerprint density at radius 2 is 1.63 bits per heavy atom. The van der Waals surface area contributed by atoms with E-state index in [1.165, 1.54) is 13.8 Å². The Morgan fingerprint density at radius 3 is 2.20 bits per heavy atom. The van der Waals surface area contributed by atoms with Crippen molar-refractivity contribution in [3.63, 3.8) is 0 Å². The number of benzene rings is 1. The minimum atomic E-state index is -0.869. The predicted molar refractivity (Wildman–Crippen MR) is 112 cm³/mol. The third-order valence-electron chi connectivity index (χ3n) is 5.84. The van der Waals surface area contributed by atoms with Crippen LogP contribution in [0.1, 0.15) is 77.5 Å². The first-order valence-electron chi connectivity index (χ1n) is 10.3. The summed E-state index contributed by atoms with van der Waals surface area (Å²) in [4.78, 5) is 36.2. The van der Waals surface area contributed by atoms with Crippen molar-refractivity contribution < 1.29 is 28.6 Å². The Morgan fingerprint density at radius 1 is 1.03 bits per heavy atom. The van der Waals surface area contributed by atoms with E-state index in [0.717, 1.165) is 22.3 Å². The van der Waals surface area contributed by atoms with Gasteiger partial charge in [-0.25, -0.2) is 0 Å². The van der Waals surface area contributed by atoms with Crippen LogP contribution in [0.4, 0.5) is 0 Å². The van der Waals surface area contributed by atoms with E-state index in [1.54, 1.807) is 0 Å². The van der Waals surface area contributed by atoms with Gasteiger partial charge in [-0.15, -0.1) is 0 Å². The largest absolute Gasteiger partial charge is 0.454 e. The molecule has 6 nitrogen and oxygen atoms in total. The third-order valence-corrected chi connectivity index (χ3v) is 5.84. The zero-order chi connectivity index (χ0) is 22.4. The average Bonchev–Trinajstić information content (AvgIpc) is 2.71. The van der Waals surface area contributed by atoms with Crippen molar-refractivity contribution in [1.82, 2.24) is 0 Å². The topological polar surface area (TPSA) is 78.9 Å². The van der Waals surface area contributed by atoms with Crippen LogP contribution < -0.4 is 9.47 Å². The van der Waals surface area contributed by atoms with Gasteiger partial charge in [0.15, 0.2) is 11.5 Å². The molecule has 2 aliphatic rings. The van der Waals surface area contributed by atoms with E-state index >= 15 is 0 Å². The molecule has 3 rings (SSSR count). The first kappa shape index (κ1) is 22.1. The first-order chi connectivity index (χ1) is 13.8. The smallest absolute Gasteiger partial charge is 0.308 e. The summed E-state index contributed by atoms with van der Waals surface area (Å²) in [6.45, 7) is 12.6. The van der Waals surface area contributed by atoms with Gasteiger partial charge in [0.25, 0.3) is 0 Å². The fourth-order valence-electron chi connectivity index (χ4n) is 4.75. The van der Waals surface area contributed by atoms with Crippen molar-refractivity contribution in [2.45, 2.75) is 79.2 Å². The molecule has 1 aromatic rings. The van der Waals surface area contributed by atoms with Crippen LogP contribution in [-0.4, -0.2) is 23.5 Å². The Kier molecular flexibility index (Phi) is 5.56. The summed E-state index contributed by atoms with van der Waals surface area (Å²) in [5.41, 5.74) is 2.34. The molecule has 0 saturated carbocycles. The van der Waals surface area contributed by atoms with Crippen molar-refractivity contribution in [2.24, 2.45) is 5.41 Å². The average molecular weight is 414 g/mol. The maximum absolute atomic E-state index is 12.4. The second kappa shape index (κ2) is 7.56. The summed E-state index contributed by atoms with van der Waals surface area (Å²) < 4.78 is 17.0. The van der Waals surface area contributed by atoms with Gasteiger partial charge in [0, 0.05) is 31.4 Å². The number of esters is 3. The number of rotatable bonds is 3. The highest BCUT2D eigenvalue weighted by Gasteiger charge is 2.48. The van der Waals surface area contributed by atoms with Gasteiger partial charge in [-0.2, -0.15) is 0 Å². The molecule has 0 bridgehead atoms. The maximum Gasteiger partial charge on any atom is 0.308 e. The molecule has 0 N–H and O–H groups in total. The van der Waals surface area contributed by atoms with Gasteiger partial charge in [0.1, 0.15) is 5.60 Å². The molecule has 0 amide bonds. The summed E-state index contributed by atoms with van der Waals surface area (Å²) in [5.74, 6) is -0.698. The molecule has 0 radical (unpaired) electrons. The number of allylic oxidation sites excluding steroid dienone is 1. The minimum absolute atomic E-state index is 0.0435. The number of hydrogen-bond acceptors (Lipinski definition) is 6. The zero-order valence-corrected chi connectivity index (χ0v) is 18.8. The molecule has 1 atom stereocenters. The van der Waals surface area contributed by atoms with Crippen molar-refractivity contribution in [2.75, 3.05) is 0 Å². The summed E-state index contributed by atoms with van der Waals surface area (Å²) in [6, 6.07) is 2.01. The lowest BCUT2D eigenvalue weighted by molar-refractivity contribution is -0.164. The van der Waals surface area contributed by atoms with Crippen LogP contribution in [0.2, 0.25) is 0 Å². The van der Waals surface area contributed by atoms with Gasteiger partial charge in [0.05, 0.1) is 6.42 Å². The van der Waals surface area contributed by atoms with Crippen molar-refractivity contribution in [3.8, 4) is 11.5 Å². The van der Waals surface area contributed by atoms with E-state index in [9.17, 15) is 14.4 Å². The van der Waals surface area contributed by atoms with Crippen LogP contribution in [0.5, 0.6) is 11.5 Å². The summed E-state index contributed by atoms with van der Waals surface area (Å²) in [5, 5.41) is 0. The number of carbonyl (C=O) groups excluding carboxylic acids is 3. The lowest BCUT2D eigenvalue weighted by Crippen LogP contribution is -2.47. The highest BCUT2D eigenvalue weighted by molar-refractivity contribution is 5.77. The quantitative estimate of drug-likeness (QED) is 0.414. The van der Waals surface area contributed by atoms with E-state index in [0.29, 0.717) is 19.3 Å². The van der Waals surface area contributed by atoms with Crippen LogP contribution in [0.25, 0.3) is 0 Å². The second-order valence-corrected chi connectivity index (χ2v) is 9.37. The molecule has 0 spiro atoms. The Labute approximate surface area is 177 Å². The van der Waals surface area contributed by atoms with Crippen molar-refractivity contribution in [1.29, 1.82) is 0 Å². The number of carbonyl (C=O) groups is 3. The highest BCUT2D eigenvalue weighted by Crippen LogP contribution is 2.50. The number of fused-ring (bicyclic) bond motifs is 2. The predicted octanol–water partition coefficient (Wildman–Crippen LogP) is 4.42. The van der Waals surface area contributed by atoms with E-state index in [1.807, 2.05) is 40.7 Å². The van der Waals surface area contributed by atoms with Crippen LogP contribution in [0.15, 0.2) is 17.7 Å². The van der Waals surface area contributed by atoms with Gasteiger partial charge in [-0.1, -0.05) is 39.8 Å². The monoisotopic (exact) mass is 414 g/mol. The van der Waals surface area contributed by atoms with E-state index in [4.69, 9.17) is 14.2 Å². The Balaban J connectivity index is 2.27. The van der Waals surface area contributed by atoms with Crippen molar-refractivity contribution >= 4 is 17.9 Å². The molecule has 162 valence electrons. The maximum atomic E-state index is 12.4. The van der Waals surface area contributed by atoms with Gasteiger partial charge < -0.3 is 14.2 Å². The normalized spacial score (nSPS) is 22.3. The van der Waals surface area contributed by atoms with E-state index < -0.39 is 17.5 Å². The third kappa shape index (κ3) is 4.00. The lowest BCUT2D eigenvalue weighted by atomic mass is 9.70. The van der Waals surface area contributed by atoms with Crippen LogP contribution in [0.3, 0.4) is 0 Å². The fraction of sp³-hybridized carbons (Fsp3) is 0.542. The number of hydrogen-bond donors (Lipinski definition) is 0. The molecule has 6 heteroatoms. The summed E-state index contributed by atoms with van der Waals surface area (Å²) >= 11 is 0.